The molecule has 0 spiro atoms. The minimum atomic E-state index is -0.0233. The molecule has 1 aromatic heterocycles. The van der Waals surface area contributed by atoms with Crippen LogP contribution in [0.4, 0.5) is 0 Å². The summed E-state index contributed by atoms with van der Waals surface area (Å²) in [6.07, 6.45) is 2.63. The van der Waals surface area contributed by atoms with Crippen LogP contribution >= 0.6 is 0 Å². The van der Waals surface area contributed by atoms with Gasteiger partial charge in [-0.1, -0.05) is 6.92 Å². The number of nitrogens with zero attached hydrogens (tertiary/aromatic N) is 3. The summed E-state index contributed by atoms with van der Waals surface area (Å²) in [4.78, 5) is 19.6. The maximum atomic E-state index is 11.7. The van der Waals surface area contributed by atoms with E-state index in [4.69, 9.17) is 4.42 Å². The quantitative estimate of drug-likeness (QED) is 0.639. The standard InChI is InChI=1S/C15H26N4O2/c1-6-12(2)17-15(16-10-14(20)18(3)4)19(5)11-13-8-7-9-21-13/h7-9,12H,6,10-11H2,1-5H3,(H,16,17). The van der Waals surface area contributed by atoms with Crippen molar-refractivity contribution in [2.45, 2.75) is 32.9 Å². The van der Waals surface area contributed by atoms with Crippen molar-refractivity contribution in [3.63, 3.8) is 0 Å². The molecule has 6 heteroatoms. The number of guanidine groups is 1. The van der Waals surface area contributed by atoms with Crippen LogP contribution in [0, 0.1) is 0 Å². The summed E-state index contributed by atoms with van der Waals surface area (Å²) < 4.78 is 5.35. The highest BCUT2D eigenvalue weighted by molar-refractivity contribution is 5.84. The lowest BCUT2D eigenvalue weighted by Crippen LogP contribution is -2.43. The van der Waals surface area contributed by atoms with Gasteiger partial charge in [0.25, 0.3) is 0 Å². The van der Waals surface area contributed by atoms with Gasteiger partial charge >= 0.3 is 0 Å². The average Bonchev–Trinajstić information content (AvgIpc) is 2.95. The summed E-state index contributed by atoms with van der Waals surface area (Å²) in [5.41, 5.74) is 0. The Morgan fingerprint density at radius 3 is 2.67 bits per heavy atom. The molecule has 1 atom stereocenters. The molecule has 1 unspecified atom stereocenters. The molecule has 1 rings (SSSR count). The van der Waals surface area contributed by atoms with E-state index < -0.39 is 0 Å². The third-order valence-electron chi connectivity index (χ3n) is 3.19. The fourth-order valence-corrected chi connectivity index (χ4v) is 1.59. The van der Waals surface area contributed by atoms with Crippen LogP contribution in [0.1, 0.15) is 26.0 Å². The maximum Gasteiger partial charge on any atom is 0.243 e. The largest absolute Gasteiger partial charge is 0.467 e. The smallest absolute Gasteiger partial charge is 0.243 e. The van der Waals surface area contributed by atoms with Crippen molar-refractivity contribution in [1.82, 2.24) is 15.1 Å². The van der Waals surface area contributed by atoms with Gasteiger partial charge in [0.2, 0.25) is 5.91 Å². The fourth-order valence-electron chi connectivity index (χ4n) is 1.59. The molecule has 118 valence electrons. The van der Waals surface area contributed by atoms with E-state index in [9.17, 15) is 4.79 Å². The first-order valence-corrected chi connectivity index (χ1v) is 7.18. The number of aliphatic imine (C=N–C) groups is 1. The van der Waals surface area contributed by atoms with E-state index >= 15 is 0 Å². The first-order valence-electron chi connectivity index (χ1n) is 7.18. The number of hydrogen-bond donors (Lipinski definition) is 1. The van der Waals surface area contributed by atoms with Crippen LogP contribution in [0.15, 0.2) is 27.8 Å². The summed E-state index contributed by atoms with van der Waals surface area (Å²) in [6, 6.07) is 4.07. The lowest BCUT2D eigenvalue weighted by atomic mass is 10.3. The van der Waals surface area contributed by atoms with Crippen LogP contribution in [-0.2, 0) is 11.3 Å². The molecule has 1 N–H and O–H groups in total. The summed E-state index contributed by atoms with van der Waals surface area (Å²) >= 11 is 0. The third kappa shape index (κ3) is 5.89. The topological polar surface area (TPSA) is 61.1 Å². The van der Waals surface area contributed by atoms with E-state index in [0.29, 0.717) is 12.5 Å². The Bertz CT molecular complexity index is 454. The molecule has 0 aromatic carbocycles. The van der Waals surface area contributed by atoms with Gasteiger partial charge in [-0.25, -0.2) is 4.99 Å². The first kappa shape index (κ1) is 17.1. The molecule has 6 nitrogen and oxygen atoms in total. The van der Waals surface area contributed by atoms with Gasteiger partial charge in [-0.15, -0.1) is 0 Å². The van der Waals surface area contributed by atoms with Crippen molar-refractivity contribution in [2.75, 3.05) is 27.7 Å². The number of likely N-dealkylation sites (N-methyl/N-ethyl adjacent to an activating group) is 1. The Labute approximate surface area is 126 Å². The molecule has 0 radical (unpaired) electrons. The molecule has 0 bridgehead atoms. The minimum absolute atomic E-state index is 0.0233. The van der Waals surface area contributed by atoms with Gasteiger partial charge in [0.1, 0.15) is 12.3 Å². The molecule has 0 saturated heterocycles. The number of carbonyl (C=O) groups excluding carboxylic acids is 1. The van der Waals surface area contributed by atoms with Gasteiger partial charge in [-0.3, -0.25) is 4.79 Å². The highest BCUT2D eigenvalue weighted by Gasteiger charge is 2.12. The second-order valence-electron chi connectivity index (χ2n) is 5.32. The number of carbonyl (C=O) groups is 1. The Kier molecular flexibility index (Phi) is 6.78. The molecule has 0 aliphatic carbocycles. The predicted octanol–water partition coefficient (Wildman–Crippen LogP) is 1.54. The van der Waals surface area contributed by atoms with Crippen molar-refractivity contribution in [2.24, 2.45) is 4.99 Å². The van der Waals surface area contributed by atoms with Crippen LogP contribution in [-0.4, -0.2) is 55.4 Å². The van der Waals surface area contributed by atoms with E-state index in [1.807, 2.05) is 24.1 Å². The van der Waals surface area contributed by atoms with Gasteiger partial charge in [0, 0.05) is 27.2 Å². The average molecular weight is 294 g/mol. The highest BCUT2D eigenvalue weighted by atomic mass is 16.3. The summed E-state index contributed by atoms with van der Waals surface area (Å²) in [6.45, 7) is 4.93. The number of amides is 1. The van der Waals surface area contributed by atoms with Gasteiger partial charge < -0.3 is 19.5 Å². The van der Waals surface area contributed by atoms with Crippen LogP contribution < -0.4 is 5.32 Å². The van der Waals surface area contributed by atoms with Crippen LogP contribution in [0.3, 0.4) is 0 Å². The second-order valence-corrected chi connectivity index (χ2v) is 5.32. The van der Waals surface area contributed by atoms with Crippen molar-refractivity contribution >= 4 is 11.9 Å². The fraction of sp³-hybridized carbons (Fsp3) is 0.600. The van der Waals surface area contributed by atoms with Gasteiger partial charge in [-0.2, -0.15) is 0 Å². The predicted molar refractivity (Wildman–Crippen MR) is 84.1 cm³/mol. The van der Waals surface area contributed by atoms with Crippen molar-refractivity contribution in [3.8, 4) is 0 Å². The molecule has 0 saturated carbocycles. The third-order valence-corrected chi connectivity index (χ3v) is 3.19. The Morgan fingerprint density at radius 2 is 2.14 bits per heavy atom. The highest BCUT2D eigenvalue weighted by Crippen LogP contribution is 2.04. The Balaban J connectivity index is 2.75. The van der Waals surface area contributed by atoms with Crippen molar-refractivity contribution < 1.29 is 9.21 Å². The molecule has 21 heavy (non-hydrogen) atoms. The van der Waals surface area contributed by atoms with E-state index in [1.54, 1.807) is 20.4 Å². The number of rotatable bonds is 6. The van der Waals surface area contributed by atoms with Gasteiger partial charge in [0.05, 0.1) is 12.8 Å². The van der Waals surface area contributed by atoms with E-state index in [2.05, 4.69) is 24.2 Å². The molecule has 0 aliphatic heterocycles. The number of hydrogen-bond acceptors (Lipinski definition) is 3. The second kappa shape index (κ2) is 8.34. The lowest BCUT2D eigenvalue weighted by molar-refractivity contribution is -0.127. The molecule has 1 amide bonds. The Morgan fingerprint density at radius 1 is 1.43 bits per heavy atom. The monoisotopic (exact) mass is 294 g/mol. The SMILES string of the molecule is CCC(C)NC(=NCC(=O)N(C)C)N(C)Cc1ccco1. The van der Waals surface area contributed by atoms with Crippen molar-refractivity contribution in [1.29, 1.82) is 0 Å². The minimum Gasteiger partial charge on any atom is -0.467 e. The summed E-state index contributed by atoms with van der Waals surface area (Å²) in [7, 11) is 5.38. The molecule has 0 fully saturated rings. The normalized spacial score (nSPS) is 12.9. The summed E-state index contributed by atoms with van der Waals surface area (Å²) in [5.74, 6) is 1.54. The molecule has 1 heterocycles. The zero-order valence-electron chi connectivity index (χ0n) is 13.6. The van der Waals surface area contributed by atoms with Gasteiger partial charge in [0.15, 0.2) is 5.96 Å². The molecular formula is C15H26N4O2. The van der Waals surface area contributed by atoms with Crippen LogP contribution in [0.5, 0.6) is 0 Å². The lowest BCUT2D eigenvalue weighted by Gasteiger charge is -2.24. The number of furan rings is 1. The summed E-state index contributed by atoms with van der Waals surface area (Å²) in [5, 5.41) is 3.34. The van der Waals surface area contributed by atoms with Crippen molar-refractivity contribution in [3.05, 3.63) is 24.2 Å². The van der Waals surface area contributed by atoms with Crippen LogP contribution in [0.2, 0.25) is 0 Å². The Hall–Kier alpha value is -1.98. The van der Waals surface area contributed by atoms with E-state index in [0.717, 1.165) is 12.2 Å². The van der Waals surface area contributed by atoms with E-state index in [1.165, 1.54) is 4.90 Å². The maximum absolute atomic E-state index is 11.7. The molecular weight excluding hydrogens is 268 g/mol. The number of nitrogens with one attached hydrogen (secondary N) is 1. The van der Waals surface area contributed by atoms with E-state index in [-0.39, 0.29) is 18.5 Å². The zero-order valence-corrected chi connectivity index (χ0v) is 13.6. The molecule has 0 aliphatic rings. The zero-order chi connectivity index (χ0) is 15.8. The molecule has 1 aromatic rings. The van der Waals surface area contributed by atoms with Crippen LogP contribution in [0.25, 0.3) is 0 Å². The first-order chi connectivity index (χ1) is 9.93. The van der Waals surface area contributed by atoms with Gasteiger partial charge in [-0.05, 0) is 25.5 Å².